The van der Waals surface area contributed by atoms with Crippen LogP contribution in [0.5, 0.6) is 0 Å². The minimum absolute atomic E-state index is 0.328. The average molecular weight is 242 g/mol. The predicted molar refractivity (Wildman–Crippen MR) is 59.7 cm³/mol. The minimum atomic E-state index is -0.328. The van der Waals surface area contributed by atoms with Crippen LogP contribution in [-0.4, -0.2) is 4.98 Å². The standard InChI is InChI=1S/C11H6Cl2FN/c12-9-2-1-7(5-10(9)13)11-6-8(14)3-4-15-11/h1-6H. The SMILES string of the molecule is Fc1ccnc(-c2ccc(Cl)c(Cl)c2)c1. The van der Waals surface area contributed by atoms with E-state index in [1.54, 1.807) is 18.2 Å². The van der Waals surface area contributed by atoms with Crippen molar-refractivity contribution in [3.63, 3.8) is 0 Å². The monoisotopic (exact) mass is 241 g/mol. The number of hydrogen-bond donors (Lipinski definition) is 0. The van der Waals surface area contributed by atoms with E-state index >= 15 is 0 Å². The third-order valence-electron chi connectivity index (χ3n) is 1.94. The molecule has 0 bridgehead atoms. The fourth-order valence-electron chi connectivity index (χ4n) is 1.22. The number of pyridine rings is 1. The predicted octanol–water partition coefficient (Wildman–Crippen LogP) is 4.19. The van der Waals surface area contributed by atoms with Crippen molar-refractivity contribution in [3.8, 4) is 11.3 Å². The lowest BCUT2D eigenvalue weighted by molar-refractivity contribution is 0.626. The number of aromatic nitrogens is 1. The van der Waals surface area contributed by atoms with Gasteiger partial charge in [-0.3, -0.25) is 4.98 Å². The molecule has 0 saturated carbocycles. The summed E-state index contributed by atoms with van der Waals surface area (Å²) in [7, 11) is 0. The van der Waals surface area contributed by atoms with Crippen LogP contribution in [0.15, 0.2) is 36.5 Å². The Kier molecular flexibility index (Phi) is 2.89. The fourth-order valence-corrected chi connectivity index (χ4v) is 1.52. The normalized spacial score (nSPS) is 10.3. The summed E-state index contributed by atoms with van der Waals surface area (Å²) in [6.45, 7) is 0. The zero-order valence-electron chi connectivity index (χ0n) is 7.55. The van der Waals surface area contributed by atoms with Gasteiger partial charge >= 0.3 is 0 Å². The van der Waals surface area contributed by atoms with Crippen LogP contribution in [0.3, 0.4) is 0 Å². The summed E-state index contributed by atoms with van der Waals surface area (Å²) in [4.78, 5) is 4.04. The molecule has 1 nitrogen and oxygen atoms in total. The van der Waals surface area contributed by atoms with E-state index in [1.807, 2.05) is 0 Å². The smallest absolute Gasteiger partial charge is 0.126 e. The molecule has 0 aliphatic rings. The molecule has 1 aromatic carbocycles. The maximum absolute atomic E-state index is 12.9. The molecule has 2 rings (SSSR count). The third kappa shape index (κ3) is 2.28. The van der Waals surface area contributed by atoms with Gasteiger partial charge in [0.25, 0.3) is 0 Å². The van der Waals surface area contributed by atoms with Crippen molar-refractivity contribution in [2.45, 2.75) is 0 Å². The molecule has 0 amide bonds. The fraction of sp³-hybridized carbons (Fsp3) is 0. The lowest BCUT2D eigenvalue weighted by Crippen LogP contribution is -1.84. The number of rotatable bonds is 1. The van der Waals surface area contributed by atoms with Gasteiger partial charge in [0.2, 0.25) is 0 Å². The Morgan fingerprint density at radius 3 is 2.47 bits per heavy atom. The summed E-state index contributed by atoms with van der Waals surface area (Å²) in [5.74, 6) is -0.328. The van der Waals surface area contributed by atoms with Gasteiger partial charge in [0, 0.05) is 17.8 Å². The topological polar surface area (TPSA) is 12.9 Å². The highest BCUT2D eigenvalue weighted by Gasteiger charge is 2.03. The first kappa shape index (κ1) is 10.4. The van der Waals surface area contributed by atoms with Crippen LogP contribution in [0.25, 0.3) is 11.3 Å². The molecule has 15 heavy (non-hydrogen) atoms. The number of halogens is 3. The van der Waals surface area contributed by atoms with E-state index in [2.05, 4.69) is 4.98 Å². The highest BCUT2D eigenvalue weighted by molar-refractivity contribution is 6.42. The molecule has 1 heterocycles. The summed E-state index contributed by atoms with van der Waals surface area (Å²) in [5.41, 5.74) is 1.28. The summed E-state index contributed by atoms with van der Waals surface area (Å²) >= 11 is 11.6. The Balaban J connectivity index is 2.50. The first-order valence-electron chi connectivity index (χ1n) is 4.24. The van der Waals surface area contributed by atoms with Gasteiger partial charge in [0.1, 0.15) is 5.82 Å². The first-order valence-corrected chi connectivity index (χ1v) is 4.99. The van der Waals surface area contributed by atoms with Crippen molar-refractivity contribution in [2.75, 3.05) is 0 Å². The zero-order valence-corrected chi connectivity index (χ0v) is 9.06. The summed E-state index contributed by atoms with van der Waals surface area (Å²) in [6, 6.07) is 7.70. The summed E-state index contributed by atoms with van der Waals surface area (Å²) in [6.07, 6.45) is 1.41. The molecular formula is C11H6Cl2FN. The van der Waals surface area contributed by atoms with Crippen LogP contribution in [0, 0.1) is 5.82 Å². The van der Waals surface area contributed by atoms with Gasteiger partial charge in [0.05, 0.1) is 15.7 Å². The van der Waals surface area contributed by atoms with E-state index in [1.165, 1.54) is 18.3 Å². The second-order valence-corrected chi connectivity index (χ2v) is 3.80. The van der Waals surface area contributed by atoms with Crippen molar-refractivity contribution < 1.29 is 4.39 Å². The first-order chi connectivity index (χ1) is 7.16. The largest absolute Gasteiger partial charge is 0.256 e. The van der Waals surface area contributed by atoms with Gasteiger partial charge in [-0.2, -0.15) is 0 Å². The molecule has 0 fully saturated rings. The van der Waals surface area contributed by atoms with Crippen LogP contribution in [0.4, 0.5) is 4.39 Å². The van der Waals surface area contributed by atoms with E-state index in [9.17, 15) is 4.39 Å². The van der Waals surface area contributed by atoms with Crippen LogP contribution in [-0.2, 0) is 0 Å². The molecule has 2 aromatic rings. The number of nitrogens with zero attached hydrogens (tertiary/aromatic N) is 1. The highest BCUT2D eigenvalue weighted by Crippen LogP contribution is 2.27. The van der Waals surface area contributed by atoms with Gasteiger partial charge in [-0.1, -0.05) is 29.3 Å². The third-order valence-corrected chi connectivity index (χ3v) is 2.68. The van der Waals surface area contributed by atoms with E-state index in [4.69, 9.17) is 23.2 Å². The molecule has 0 saturated heterocycles. The molecule has 0 N–H and O–H groups in total. The van der Waals surface area contributed by atoms with Crippen molar-refractivity contribution in [1.29, 1.82) is 0 Å². The van der Waals surface area contributed by atoms with Gasteiger partial charge < -0.3 is 0 Å². The van der Waals surface area contributed by atoms with Crippen LogP contribution >= 0.6 is 23.2 Å². The van der Waals surface area contributed by atoms with Crippen LogP contribution in [0.2, 0.25) is 10.0 Å². The van der Waals surface area contributed by atoms with Crippen LogP contribution < -0.4 is 0 Å². The van der Waals surface area contributed by atoms with Gasteiger partial charge in [-0.05, 0) is 18.2 Å². The van der Waals surface area contributed by atoms with Crippen molar-refractivity contribution >= 4 is 23.2 Å². The second-order valence-electron chi connectivity index (χ2n) is 2.99. The molecular weight excluding hydrogens is 236 g/mol. The average Bonchev–Trinajstić information content (AvgIpc) is 2.22. The Morgan fingerprint density at radius 2 is 1.80 bits per heavy atom. The summed E-state index contributed by atoms with van der Waals surface area (Å²) in [5, 5.41) is 0.900. The second kappa shape index (κ2) is 4.17. The lowest BCUT2D eigenvalue weighted by atomic mass is 10.1. The molecule has 1 aromatic heterocycles. The Hall–Kier alpha value is -1.12. The highest BCUT2D eigenvalue weighted by atomic mass is 35.5. The quantitative estimate of drug-likeness (QED) is 0.730. The summed E-state index contributed by atoms with van der Waals surface area (Å²) < 4.78 is 12.9. The number of hydrogen-bond acceptors (Lipinski definition) is 1. The minimum Gasteiger partial charge on any atom is -0.256 e. The molecule has 0 unspecified atom stereocenters. The van der Waals surface area contributed by atoms with Crippen LogP contribution in [0.1, 0.15) is 0 Å². The van der Waals surface area contributed by atoms with E-state index < -0.39 is 0 Å². The van der Waals surface area contributed by atoms with E-state index in [-0.39, 0.29) is 5.82 Å². The van der Waals surface area contributed by atoms with Gasteiger partial charge in [-0.15, -0.1) is 0 Å². The lowest BCUT2D eigenvalue weighted by Gasteiger charge is -2.02. The van der Waals surface area contributed by atoms with Crippen molar-refractivity contribution in [1.82, 2.24) is 4.98 Å². The molecule has 4 heteroatoms. The van der Waals surface area contributed by atoms with Crippen molar-refractivity contribution in [3.05, 3.63) is 52.4 Å². The number of benzene rings is 1. The maximum atomic E-state index is 12.9. The molecule has 0 aliphatic carbocycles. The Morgan fingerprint density at radius 1 is 1.00 bits per heavy atom. The maximum Gasteiger partial charge on any atom is 0.126 e. The molecule has 0 aliphatic heterocycles. The van der Waals surface area contributed by atoms with Gasteiger partial charge in [0.15, 0.2) is 0 Å². The van der Waals surface area contributed by atoms with Gasteiger partial charge in [-0.25, -0.2) is 4.39 Å². The molecule has 0 radical (unpaired) electrons. The Bertz CT molecular complexity index is 500. The molecule has 0 atom stereocenters. The van der Waals surface area contributed by atoms with E-state index in [0.29, 0.717) is 15.7 Å². The zero-order chi connectivity index (χ0) is 10.8. The molecule has 76 valence electrons. The van der Waals surface area contributed by atoms with Crippen molar-refractivity contribution in [2.24, 2.45) is 0 Å². The Labute approximate surface area is 96.5 Å². The molecule has 0 spiro atoms. The van der Waals surface area contributed by atoms with E-state index in [0.717, 1.165) is 5.56 Å².